The standard InChI is InChI=1S/C25H27ClFN3O2/c1-6-22(16(2)17(3)26)25(10-13-30(14-11-25)23(31)18(4)27)28-20-8-7-19-9-12-29(5)24(32)21(19)15-20/h6-9,12,15,28H,1,3-4,10-11,13-14H2,2,5H3/b22-16+. The van der Waals surface area contributed by atoms with Gasteiger partial charge in [0, 0.05) is 42.4 Å². The van der Waals surface area contributed by atoms with Crippen LogP contribution in [0.3, 0.4) is 0 Å². The topological polar surface area (TPSA) is 54.3 Å². The van der Waals surface area contributed by atoms with Crippen molar-refractivity contribution < 1.29 is 9.18 Å². The van der Waals surface area contributed by atoms with Gasteiger partial charge in [0.15, 0.2) is 5.83 Å². The average Bonchev–Trinajstić information content (AvgIpc) is 2.77. The zero-order chi connectivity index (χ0) is 23.6. The summed E-state index contributed by atoms with van der Waals surface area (Å²) in [7, 11) is 1.71. The summed E-state index contributed by atoms with van der Waals surface area (Å²) in [6, 6.07) is 7.52. The number of anilines is 1. The lowest BCUT2D eigenvalue weighted by atomic mass is 9.77. The molecule has 0 atom stereocenters. The van der Waals surface area contributed by atoms with Crippen LogP contribution in [0.15, 0.2) is 83.1 Å². The van der Waals surface area contributed by atoms with Gasteiger partial charge in [-0.25, -0.2) is 4.39 Å². The molecule has 0 aliphatic carbocycles. The molecule has 1 aliphatic rings. The molecular formula is C25H27ClFN3O2. The number of nitrogens with one attached hydrogen (secondary N) is 1. The minimum atomic E-state index is -0.972. The number of nitrogens with zero attached hydrogens (tertiary/aromatic N) is 2. The number of aromatic nitrogens is 1. The first kappa shape index (κ1) is 23.5. The summed E-state index contributed by atoms with van der Waals surface area (Å²) in [5.41, 5.74) is 1.66. The van der Waals surface area contributed by atoms with Gasteiger partial charge in [0.05, 0.1) is 5.54 Å². The molecule has 1 saturated heterocycles. The summed E-state index contributed by atoms with van der Waals surface area (Å²) in [5.74, 6) is -1.67. The fourth-order valence-electron chi connectivity index (χ4n) is 4.27. The number of aryl methyl sites for hydroxylation is 1. The molecule has 0 spiro atoms. The van der Waals surface area contributed by atoms with Crippen molar-refractivity contribution in [1.29, 1.82) is 0 Å². The lowest BCUT2D eigenvalue weighted by molar-refractivity contribution is -0.129. The lowest BCUT2D eigenvalue weighted by Gasteiger charge is -2.44. The first-order chi connectivity index (χ1) is 15.1. The Hall–Kier alpha value is -3.12. The van der Waals surface area contributed by atoms with Crippen LogP contribution in [-0.2, 0) is 11.8 Å². The number of hydrogen-bond donors (Lipinski definition) is 1. The number of likely N-dealkylation sites (tertiary alicyclic amines) is 1. The highest BCUT2D eigenvalue weighted by atomic mass is 35.5. The van der Waals surface area contributed by atoms with Gasteiger partial charge in [-0.05, 0) is 54.5 Å². The quantitative estimate of drug-likeness (QED) is 0.490. The fraction of sp³-hybridized carbons (Fsp3) is 0.280. The number of carbonyl (C=O) groups excluding carboxylic acids is 1. The zero-order valence-corrected chi connectivity index (χ0v) is 19.1. The van der Waals surface area contributed by atoms with E-state index in [1.807, 2.05) is 31.2 Å². The van der Waals surface area contributed by atoms with Gasteiger partial charge < -0.3 is 14.8 Å². The van der Waals surface area contributed by atoms with E-state index in [1.165, 1.54) is 9.47 Å². The van der Waals surface area contributed by atoms with Crippen molar-refractivity contribution >= 4 is 34.0 Å². The van der Waals surface area contributed by atoms with E-state index in [9.17, 15) is 14.0 Å². The number of hydrogen-bond acceptors (Lipinski definition) is 3. The Morgan fingerprint density at radius 1 is 1.25 bits per heavy atom. The van der Waals surface area contributed by atoms with Gasteiger partial charge in [0.2, 0.25) is 0 Å². The van der Waals surface area contributed by atoms with Crippen LogP contribution in [0.2, 0.25) is 0 Å². The van der Waals surface area contributed by atoms with E-state index >= 15 is 0 Å². The second-order valence-corrected chi connectivity index (χ2v) is 8.54. The molecular weight excluding hydrogens is 429 g/mol. The molecule has 3 rings (SSSR count). The molecule has 1 fully saturated rings. The van der Waals surface area contributed by atoms with Crippen molar-refractivity contribution in [2.24, 2.45) is 7.05 Å². The molecule has 2 aromatic rings. The first-order valence-corrected chi connectivity index (χ1v) is 10.7. The highest BCUT2D eigenvalue weighted by Gasteiger charge is 2.39. The Kier molecular flexibility index (Phi) is 6.74. The Labute approximate surface area is 192 Å². The van der Waals surface area contributed by atoms with E-state index in [-0.39, 0.29) is 5.56 Å². The smallest absolute Gasteiger partial charge is 0.281 e. The maximum atomic E-state index is 13.4. The Bertz CT molecular complexity index is 1200. The molecule has 0 saturated carbocycles. The highest BCUT2D eigenvalue weighted by Crippen LogP contribution is 2.38. The molecule has 1 aromatic heterocycles. The number of amides is 1. The molecule has 1 aromatic carbocycles. The van der Waals surface area contributed by atoms with E-state index in [0.717, 1.165) is 22.2 Å². The third-order valence-electron chi connectivity index (χ3n) is 6.13. The van der Waals surface area contributed by atoms with Crippen molar-refractivity contribution in [3.63, 3.8) is 0 Å². The Balaban J connectivity index is 2.06. The minimum absolute atomic E-state index is 0.0909. The van der Waals surface area contributed by atoms with E-state index in [2.05, 4.69) is 25.1 Å². The summed E-state index contributed by atoms with van der Waals surface area (Å²) >= 11 is 6.23. The fourth-order valence-corrected chi connectivity index (χ4v) is 4.37. The maximum absolute atomic E-state index is 13.4. The van der Waals surface area contributed by atoms with Gasteiger partial charge in [-0.2, -0.15) is 0 Å². The van der Waals surface area contributed by atoms with Gasteiger partial charge in [0.1, 0.15) is 0 Å². The van der Waals surface area contributed by atoms with Gasteiger partial charge >= 0.3 is 0 Å². The summed E-state index contributed by atoms with van der Waals surface area (Å²) in [5, 5.41) is 5.41. The number of pyridine rings is 1. The molecule has 1 N–H and O–H groups in total. The average molecular weight is 456 g/mol. The second kappa shape index (κ2) is 9.17. The maximum Gasteiger partial charge on any atom is 0.281 e. The Morgan fingerprint density at radius 2 is 1.91 bits per heavy atom. The lowest BCUT2D eigenvalue weighted by Crippen LogP contribution is -2.52. The van der Waals surface area contributed by atoms with Crippen LogP contribution in [0.1, 0.15) is 19.8 Å². The van der Waals surface area contributed by atoms with Gasteiger partial charge in [-0.3, -0.25) is 9.59 Å². The summed E-state index contributed by atoms with van der Waals surface area (Å²) in [4.78, 5) is 26.2. The number of carbonyl (C=O) groups is 1. The first-order valence-electron chi connectivity index (χ1n) is 10.3. The second-order valence-electron chi connectivity index (χ2n) is 8.09. The monoisotopic (exact) mass is 455 g/mol. The predicted molar refractivity (Wildman–Crippen MR) is 129 cm³/mol. The van der Waals surface area contributed by atoms with Crippen molar-refractivity contribution in [3.8, 4) is 0 Å². The zero-order valence-electron chi connectivity index (χ0n) is 18.4. The molecule has 0 unspecified atom stereocenters. The van der Waals surface area contributed by atoms with Crippen molar-refractivity contribution in [1.82, 2.24) is 9.47 Å². The number of rotatable bonds is 6. The summed E-state index contributed by atoms with van der Waals surface area (Å²) in [6.07, 6.45) is 4.44. The van der Waals surface area contributed by atoms with Crippen LogP contribution in [0.4, 0.5) is 10.1 Å². The van der Waals surface area contributed by atoms with Crippen LogP contribution in [0.5, 0.6) is 0 Å². The molecule has 7 heteroatoms. The number of benzene rings is 1. The van der Waals surface area contributed by atoms with Crippen LogP contribution in [0, 0.1) is 0 Å². The molecule has 32 heavy (non-hydrogen) atoms. The number of piperidine rings is 1. The molecule has 168 valence electrons. The van der Waals surface area contributed by atoms with E-state index in [1.54, 1.807) is 19.3 Å². The molecule has 0 bridgehead atoms. The van der Waals surface area contributed by atoms with Crippen LogP contribution >= 0.6 is 11.6 Å². The molecule has 2 heterocycles. The van der Waals surface area contributed by atoms with Gasteiger partial charge in [0.25, 0.3) is 11.5 Å². The SMILES string of the molecule is C=C/C(=C(/C)C(=C)Cl)C1(Nc2ccc3ccn(C)c(=O)c3c2)CCN(C(=O)C(=C)F)CC1. The van der Waals surface area contributed by atoms with Crippen LogP contribution in [0.25, 0.3) is 10.8 Å². The summed E-state index contributed by atoms with van der Waals surface area (Å²) in [6.45, 7) is 13.5. The van der Waals surface area contributed by atoms with E-state index < -0.39 is 17.3 Å². The minimum Gasteiger partial charge on any atom is -0.375 e. The van der Waals surface area contributed by atoms with Crippen LogP contribution in [-0.4, -0.2) is 34.0 Å². The predicted octanol–water partition coefficient (Wildman–Crippen LogP) is 5.05. The number of halogens is 2. The van der Waals surface area contributed by atoms with Crippen molar-refractivity contribution in [3.05, 3.63) is 88.6 Å². The van der Waals surface area contributed by atoms with Crippen molar-refractivity contribution in [2.75, 3.05) is 18.4 Å². The molecule has 1 amide bonds. The van der Waals surface area contributed by atoms with Crippen molar-refractivity contribution in [2.45, 2.75) is 25.3 Å². The molecule has 5 nitrogen and oxygen atoms in total. The summed E-state index contributed by atoms with van der Waals surface area (Å²) < 4.78 is 14.9. The van der Waals surface area contributed by atoms with Gasteiger partial charge in [-0.1, -0.05) is 43.5 Å². The van der Waals surface area contributed by atoms with Gasteiger partial charge in [-0.15, -0.1) is 0 Å². The molecule has 1 aliphatic heterocycles. The number of fused-ring (bicyclic) bond motifs is 1. The largest absolute Gasteiger partial charge is 0.375 e. The van der Waals surface area contributed by atoms with E-state index in [4.69, 9.17) is 11.6 Å². The third kappa shape index (κ3) is 4.41. The normalized spacial score (nSPS) is 16.3. The number of allylic oxidation sites excluding steroid dienone is 2. The Morgan fingerprint density at radius 3 is 2.47 bits per heavy atom. The highest BCUT2D eigenvalue weighted by molar-refractivity contribution is 6.31. The molecule has 0 radical (unpaired) electrons. The third-order valence-corrected chi connectivity index (χ3v) is 6.42. The van der Waals surface area contributed by atoms with Crippen LogP contribution < -0.4 is 10.9 Å². The van der Waals surface area contributed by atoms with E-state index in [0.29, 0.717) is 36.3 Å².